The zero-order valence-corrected chi connectivity index (χ0v) is 38.9. The van der Waals surface area contributed by atoms with Crippen molar-refractivity contribution >= 4 is 28.7 Å². The minimum absolute atomic E-state index is 0. The average Bonchev–Trinajstić information content (AvgIpc) is 3.96. The van der Waals surface area contributed by atoms with Crippen LogP contribution in [0.2, 0.25) is 13.1 Å². The Kier molecular flexibility index (Phi) is 13.3. The summed E-state index contributed by atoms with van der Waals surface area (Å²) in [7, 11) is 0. The van der Waals surface area contributed by atoms with E-state index in [4.69, 9.17) is 8.83 Å². The molecule has 2 aliphatic carbocycles. The third-order valence-corrected chi connectivity index (χ3v) is 31.0. The van der Waals surface area contributed by atoms with Crippen LogP contribution in [0, 0.1) is 27.7 Å². The predicted molar refractivity (Wildman–Crippen MR) is 227 cm³/mol. The van der Waals surface area contributed by atoms with Crippen molar-refractivity contribution in [3.63, 3.8) is 0 Å². The number of aryl methyl sites for hydroxylation is 4. The molecule has 6 heteroatoms. The van der Waals surface area contributed by atoms with E-state index in [9.17, 15) is 0 Å². The van der Waals surface area contributed by atoms with Gasteiger partial charge in [0, 0.05) is 0 Å². The van der Waals surface area contributed by atoms with Crippen LogP contribution in [0.25, 0.3) is 45.6 Å². The molecule has 0 radical (unpaired) electrons. The van der Waals surface area contributed by atoms with E-state index in [0.717, 1.165) is 48.7 Å². The van der Waals surface area contributed by atoms with E-state index >= 15 is 0 Å². The van der Waals surface area contributed by atoms with Crippen LogP contribution >= 0.6 is 0 Å². The van der Waals surface area contributed by atoms with Gasteiger partial charge in [0.05, 0.1) is 0 Å². The van der Waals surface area contributed by atoms with Gasteiger partial charge in [0.15, 0.2) is 0 Å². The van der Waals surface area contributed by atoms with Crippen molar-refractivity contribution in [2.45, 2.75) is 87.6 Å². The number of fused-ring (bicyclic) bond motifs is 2. The third kappa shape index (κ3) is 7.53. The number of hydrogen-bond acceptors (Lipinski definition) is 2. The Morgan fingerprint density at radius 2 is 0.946 bits per heavy atom. The van der Waals surface area contributed by atoms with E-state index in [1.54, 1.807) is 11.1 Å². The second kappa shape index (κ2) is 17.6. The van der Waals surface area contributed by atoms with Crippen LogP contribution in [-0.2, 0) is 33.2 Å². The molecule has 0 aliphatic heterocycles. The first-order chi connectivity index (χ1) is 26.2. The molecule has 2 aromatic heterocycles. The molecule has 2 atom stereocenters. The fourth-order valence-electron chi connectivity index (χ4n) is 9.39. The number of furan rings is 2. The molecule has 0 spiro atoms. The first kappa shape index (κ1) is 42.2. The Morgan fingerprint density at radius 3 is 1.27 bits per heavy atom. The van der Waals surface area contributed by atoms with Crippen molar-refractivity contribution in [1.29, 1.82) is 0 Å². The normalized spacial score (nSPS) is 15.2. The Hall–Kier alpha value is -3.40. The van der Waals surface area contributed by atoms with Crippen molar-refractivity contribution < 1.29 is 54.0 Å². The molecule has 2 aliphatic rings. The molecule has 0 N–H and O–H groups in total. The van der Waals surface area contributed by atoms with Crippen molar-refractivity contribution in [2.75, 3.05) is 0 Å². The van der Waals surface area contributed by atoms with Crippen LogP contribution in [-0.4, -0.2) is 5.43 Å². The van der Waals surface area contributed by atoms with Gasteiger partial charge in [-0.2, -0.15) is 0 Å². The van der Waals surface area contributed by atoms with Gasteiger partial charge in [-0.15, -0.1) is 0 Å². The van der Waals surface area contributed by atoms with E-state index < -0.39 is 25.8 Å². The van der Waals surface area contributed by atoms with Gasteiger partial charge in [0.25, 0.3) is 0 Å². The Labute approximate surface area is 354 Å². The van der Waals surface area contributed by atoms with Crippen LogP contribution < -0.4 is 24.8 Å². The summed E-state index contributed by atoms with van der Waals surface area (Å²) in [6, 6.07) is 36.3. The second-order valence-electron chi connectivity index (χ2n) is 15.7. The molecule has 2 heterocycles. The van der Waals surface area contributed by atoms with E-state index in [0.29, 0.717) is 7.25 Å². The fourth-order valence-corrected chi connectivity index (χ4v) is 29.1. The van der Waals surface area contributed by atoms with Crippen molar-refractivity contribution in [3.05, 3.63) is 165 Å². The van der Waals surface area contributed by atoms with Gasteiger partial charge in [-0.1, -0.05) is 0 Å². The van der Waals surface area contributed by atoms with Gasteiger partial charge < -0.3 is 24.8 Å². The first-order valence-electron chi connectivity index (χ1n) is 19.9. The summed E-state index contributed by atoms with van der Waals surface area (Å²) in [5.74, 6) is 4.03. The number of halogens is 2. The van der Waals surface area contributed by atoms with E-state index in [-0.39, 0.29) is 24.8 Å². The smallest absolute Gasteiger partial charge is 1.00 e. The van der Waals surface area contributed by atoms with Crippen LogP contribution in [0.4, 0.5) is 0 Å². The molecular formula is C50H52Cl2O2SiZr. The summed E-state index contributed by atoms with van der Waals surface area (Å²) in [5, 5.41) is 0. The molecule has 0 saturated heterocycles. The maximum absolute atomic E-state index is 6.64. The molecule has 0 saturated carbocycles. The van der Waals surface area contributed by atoms with E-state index in [2.05, 4.69) is 164 Å². The molecule has 286 valence electrons. The van der Waals surface area contributed by atoms with Gasteiger partial charge in [-0.25, -0.2) is 0 Å². The maximum Gasteiger partial charge on any atom is -1.00 e. The molecule has 0 amide bonds. The quantitative estimate of drug-likeness (QED) is 0.130. The monoisotopic (exact) mass is 872 g/mol. The topological polar surface area (TPSA) is 26.3 Å². The largest absolute Gasteiger partial charge is 1.00 e. The molecule has 0 fully saturated rings. The average molecular weight is 875 g/mol. The van der Waals surface area contributed by atoms with Crippen molar-refractivity contribution in [3.8, 4) is 22.3 Å². The number of allylic oxidation sites excluding steroid dienone is 2. The van der Waals surface area contributed by atoms with Gasteiger partial charge in [-0.3, -0.25) is 0 Å². The Morgan fingerprint density at radius 1 is 0.554 bits per heavy atom. The molecule has 2 unspecified atom stereocenters. The van der Waals surface area contributed by atoms with Crippen LogP contribution in [0.3, 0.4) is 0 Å². The Bertz CT molecular complexity index is 2310. The molecule has 4 aromatic carbocycles. The molecule has 6 aromatic rings. The summed E-state index contributed by atoms with van der Waals surface area (Å²) in [6.45, 7) is 18.8. The van der Waals surface area contributed by atoms with Crippen LogP contribution in [0.15, 0.2) is 106 Å². The molecular weight excluding hydrogens is 823 g/mol. The van der Waals surface area contributed by atoms with Crippen molar-refractivity contribution in [1.82, 2.24) is 0 Å². The molecule has 2 nitrogen and oxygen atoms in total. The summed E-state index contributed by atoms with van der Waals surface area (Å²) in [5.41, 5.74) is 19.2. The second-order valence-corrected chi connectivity index (χ2v) is 33.5. The molecule has 8 rings (SSSR count). The summed E-state index contributed by atoms with van der Waals surface area (Å²) >= 11 is -2.71. The summed E-state index contributed by atoms with van der Waals surface area (Å²) < 4.78 is 14.0. The standard InChI is InChI=1S/2C24H23O.C2H6Si.2ClH.Zr/c2*1-4-8-19-13-20-14-21(23-12-11-16(2)25-23)15-22(20)24(17(19)3)18-9-6-5-7-10-18;1-3-2;;;/h2*5-7,9-15H,4,8H2,1-3H3;1-2H3;2*1H;/q;;;;;+2/p-2. The van der Waals surface area contributed by atoms with E-state index in [1.807, 2.05) is 0 Å². The van der Waals surface area contributed by atoms with Gasteiger partial charge in [-0.05, 0) is 0 Å². The molecule has 56 heavy (non-hydrogen) atoms. The number of hydrogen-bond donors (Lipinski definition) is 0. The maximum atomic E-state index is 6.64. The minimum Gasteiger partial charge on any atom is -1.00 e. The zero-order chi connectivity index (χ0) is 37.7. The SMILES string of the molecule is CCCc1cc2c(c(-c3ccccc3)c1C)C=C(c1ccc(C)o1)[CH]2[Zr+2]([CH]1C(c2ccc(C)o2)=Cc2c1cc(CCC)c(C)c2-c1ccccc1)=[Si](C)C.[Cl-].[Cl-]. The molecule has 0 bridgehead atoms. The van der Waals surface area contributed by atoms with E-state index in [1.165, 1.54) is 66.8 Å². The summed E-state index contributed by atoms with van der Waals surface area (Å²) in [6.07, 6.45) is 9.52. The fraction of sp³-hybridized carbons (Fsp3) is 0.280. The summed E-state index contributed by atoms with van der Waals surface area (Å²) in [4.78, 5) is 0. The third-order valence-electron chi connectivity index (χ3n) is 11.8. The minimum atomic E-state index is -2.71. The number of benzene rings is 4. The van der Waals surface area contributed by atoms with Crippen LogP contribution in [0.1, 0.15) is 101 Å². The number of rotatable bonds is 10. The van der Waals surface area contributed by atoms with Gasteiger partial charge in [0.1, 0.15) is 0 Å². The van der Waals surface area contributed by atoms with Gasteiger partial charge >= 0.3 is 332 Å². The first-order valence-corrected chi connectivity index (χ1v) is 28.9. The van der Waals surface area contributed by atoms with Gasteiger partial charge in [0.2, 0.25) is 0 Å². The van der Waals surface area contributed by atoms with Crippen molar-refractivity contribution in [2.24, 2.45) is 0 Å². The zero-order valence-electron chi connectivity index (χ0n) is 33.9. The van der Waals surface area contributed by atoms with Crippen LogP contribution in [0.5, 0.6) is 0 Å². The predicted octanol–water partition coefficient (Wildman–Crippen LogP) is 8.11. The Balaban J connectivity index is 0.00000266.